The second kappa shape index (κ2) is 8.25. The molecule has 1 N–H and O–H groups in total. The molecule has 1 fully saturated rings. The average molecular weight is 451 g/mol. The molecule has 1 aliphatic rings. The Morgan fingerprint density at radius 3 is 2.11 bits per heavy atom. The summed E-state index contributed by atoms with van der Waals surface area (Å²) < 4.78 is -0.527. The van der Waals surface area contributed by atoms with Crippen molar-refractivity contribution in [3.8, 4) is 0 Å². The Hall–Kier alpha value is -1.86. The summed E-state index contributed by atoms with van der Waals surface area (Å²) >= 11 is 18.6. The molecule has 0 saturated carbocycles. The van der Waals surface area contributed by atoms with Gasteiger partial charge in [-0.1, -0.05) is 29.3 Å². The fourth-order valence-corrected chi connectivity index (χ4v) is 4.25. The lowest BCUT2D eigenvalue weighted by Crippen LogP contribution is -2.54. The van der Waals surface area contributed by atoms with Crippen LogP contribution in [0.3, 0.4) is 0 Å². The average Bonchev–Trinajstić information content (AvgIpc) is 2.62. The van der Waals surface area contributed by atoms with Crippen molar-refractivity contribution in [2.24, 2.45) is 0 Å². The smallest absolute Gasteiger partial charge is 0.269 e. The third kappa shape index (κ3) is 4.75. The van der Waals surface area contributed by atoms with Crippen molar-refractivity contribution >= 4 is 69.8 Å². The summed E-state index contributed by atoms with van der Waals surface area (Å²) in [5.74, 6) is -0.981. The van der Waals surface area contributed by atoms with Crippen LogP contribution in [0.15, 0.2) is 65.1 Å². The van der Waals surface area contributed by atoms with Gasteiger partial charge < -0.3 is 0 Å². The van der Waals surface area contributed by atoms with Gasteiger partial charge in [-0.25, -0.2) is 0 Å². The van der Waals surface area contributed by atoms with E-state index in [0.29, 0.717) is 15.7 Å². The van der Waals surface area contributed by atoms with Crippen LogP contribution in [0, 0.1) is 0 Å². The number of thioether (sulfide) groups is 1. The highest BCUT2D eigenvalue weighted by atomic mass is 35.5. The van der Waals surface area contributed by atoms with E-state index in [9.17, 15) is 9.59 Å². The molecule has 0 radical (unpaired) electrons. The highest BCUT2D eigenvalue weighted by Gasteiger charge is 2.36. The van der Waals surface area contributed by atoms with Gasteiger partial charge in [-0.3, -0.25) is 19.8 Å². The molecular weight excluding hydrogens is 435 g/mol. The molecule has 0 atom stereocenters. The van der Waals surface area contributed by atoms with Crippen LogP contribution in [0.5, 0.6) is 0 Å². The third-order valence-electron chi connectivity index (χ3n) is 3.87. The predicted molar refractivity (Wildman–Crippen MR) is 119 cm³/mol. The number of anilines is 1. The molecule has 28 heavy (non-hydrogen) atoms. The van der Waals surface area contributed by atoms with E-state index in [2.05, 4.69) is 5.32 Å². The van der Waals surface area contributed by atoms with Gasteiger partial charge in [0, 0.05) is 19.7 Å². The normalized spacial score (nSPS) is 16.5. The van der Waals surface area contributed by atoms with Crippen LogP contribution in [0.4, 0.5) is 5.69 Å². The quantitative estimate of drug-likeness (QED) is 0.299. The Morgan fingerprint density at radius 1 is 1.00 bits per heavy atom. The number of amides is 2. The SMILES string of the molecule is CC(C)(/C=C1/C(=O)NC(=S)N(c2ccc(Cl)cc2)C1=O)Sc1ccc(Cl)cc1. The summed E-state index contributed by atoms with van der Waals surface area (Å²) in [6, 6.07) is 14.1. The first-order chi connectivity index (χ1) is 13.2. The second-order valence-corrected chi connectivity index (χ2v) is 9.58. The zero-order chi connectivity index (χ0) is 20.5. The number of rotatable bonds is 4. The number of carbonyl (C=O) groups is 2. The first-order valence-corrected chi connectivity index (χ1v) is 10.3. The second-order valence-electron chi connectivity index (χ2n) is 6.59. The van der Waals surface area contributed by atoms with Crippen LogP contribution < -0.4 is 10.2 Å². The van der Waals surface area contributed by atoms with E-state index in [1.54, 1.807) is 42.5 Å². The third-order valence-corrected chi connectivity index (χ3v) is 5.81. The summed E-state index contributed by atoms with van der Waals surface area (Å²) in [6.45, 7) is 3.86. The maximum Gasteiger partial charge on any atom is 0.269 e. The maximum absolute atomic E-state index is 13.1. The van der Waals surface area contributed by atoms with Gasteiger partial charge in [0.05, 0.1) is 5.69 Å². The van der Waals surface area contributed by atoms with Gasteiger partial charge in [0.15, 0.2) is 5.11 Å². The number of hydrogen-bond acceptors (Lipinski definition) is 4. The lowest BCUT2D eigenvalue weighted by Gasteiger charge is -2.30. The molecule has 1 aliphatic heterocycles. The lowest BCUT2D eigenvalue weighted by atomic mass is 10.0. The minimum atomic E-state index is -0.527. The molecule has 1 saturated heterocycles. The molecule has 0 bridgehead atoms. The molecule has 2 aromatic carbocycles. The maximum atomic E-state index is 13.1. The van der Waals surface area contributed by atoms with Crippen LogP contribution in [0.2, 0.25) is 10.0 Å². The van der Waals surface area contributed by atoms with Crippen LogP contribution in [-0.2, 0) is 9.59 Å². The van der Waals surface area contributed by atoms with Gasteiger partial charge in [-0.05, 0) is 74.6 Å². The van der Waals surface area contributed by atoms with Gasteiger partial charge in [-0.2, -0.15) is 0 Å². The number of carbonyl (C=O) groups excluding carboxylic acids is 2. The number of thiocarbonyl (C=S) groups is 1. The fourth-order valence-electron chi connectivity index (χ4n) is 2.67. The summed E-state index contributed by atoms with van der Waals surface area (Å²) in [5, 5.41) is 3.81. The van der Waals surface area contributed by atoms with E-state index >= 15 is 0 Å². The summed E-state index contributed by atoms with van der Waals surface area (Å²) in [5.41, 5.74) is 0.573. The molecule has 3 rings (SSSR count). The lowest BCUT2D eigenvalue weighted by molar-refractivity contribution is -0.122. The molecule has 2 amide bonds. The fraction of sp³-hybridized carbons (Fsp3) is 0.150. The highest BCUT2D eigenvalue weighted by molar-refractivity contribution is 8.00. The number of benzene rings is 2. The Morgan fingerprint density at radius 2 is 1.54 bits per heavy atom. The van der Waals surface area contributed by atoms with E-state index in [4.69, 9.17) is 35.4 Å². The van der Waals surface area contributed by atoms with Crippen molar-refractivity contribution in [1.82, 2.24) is 5.32 Å². The van der Waals surface area contributed by atoms with Crippen LogP contribution in [0.1, 0.15) is 13.8 Å². The number of nitrogens with one attached hydrogen (secondary N) is 1. The molecule has 2 aromatic rings. The molecular formula is C20H16Cl2N2O2S2. The van der Waals surface area contributed by atoms with Gasteiger partial charge in [0.2, 0.25) is 0 Å². The van der Waals surface area contributed by atoms with Gasteiger partial charge in [0.25, 0.3) is 11.8 Å². The van der Waals surface area contributed by atoms with E-state index in [0.717, 1.165) is 4.90 Å². The van der Waals surface area contributed by atoms with Crippen LogP contribution in [0.25, 0.3) is 0 Å². The highest BCUT2D eigenvalue weighted by Crippen LogP contribution is 2.35. The number of nitrogens with zero attached hydrogens (tertiary/aromatic N) is 1. The van der Waals surface area contributed by atoms with E-state index < -0.39 is 16.6 Å². The number of hydrogen-bond donors (Lipinski definition) is 1. The number of halogens is 2. The zero-order valence-corrected chi connectivity index (χ0v) is 18.2. The van der Waals surface area contributed by atoms with E-state index in [1.807, 2.05) is 26.0 Å². The standard InChI is InChI=1S/C20H16Cl2N2O2S2/c1-20(2,28-15-9-5-13(22)6-10-15)11-16-17(25)23-19(27)24(18(16)26)14-7-3-12(21)4-8-14/h3-11H,1-2H3,(H,23,25,27)/b16-11-. The largest absolute Gasteiger partial charge is 0.298 e. The van der Waals surface area contributed by atoms with Crippen molar-refractivity contribution in [3.05, 3.63) is 70.2 Å². The minimum absolute atomic E-state index is 0.0370. The zero-order valence-electron chi connectivity index (χ0n) is 15.0. The van der Waals surface area contributed by atoms with Crippen molar-refractivity contribution < 1.29 is 9.59 Å². The molecule has 0 unspecified atom stereocenters. The summed E-state index contributed by atoms with van der Waals surface area (Å²) in [7, 11) is 0. The molecule has 8 heteroatoms. The molecule has 4 nitrogen and oxygen atoms in total. The first-order valence-electron chi connectivity index (χ1n) is 8.29. The van der Waals surface area contributed by atoms with Crippen molar-refractivity contribution in [2.45, 2.75) is 23.5 Å². The molecule has 144 valence electrons. The van der Waals surface area contributed by atoms with Crippen LogP contribution in [-0.4, -0.2) is 21.7 Å². The van der Waals surface area contributed by atoms with E-state index in [-0.39, 0.29) is 10.7 Å². The van der Waals surface area contributed by atoms with Gasteiger partial charge in [-0.15, -0.1) is 11.8 Å². The van der Waals surface area contributed by atoms with Crippen molar-refractivity contribution in [1.29, 1.82) is 0 Å². The van der Waals surface area contributed by atoms with E-state index in [1.165, 1.54) is 16.7 Å². The Bertz CT molecular complexity index is 971. The summed E-state index contributed by atoms with van der Waals surface area (Å²) in [6.07, 6.45) is 1.66. The van der Waals surface area contributed by atoms with Crippen molar-refractivity contribution in [3.63, 3.8) is 0 Å². The van der Waals surface area contributed by atoms with Crippen molar-refractivity contribution in [2.75, 3.05) is 4.90 Å². The minimum Gasteiger partial charge on any atom is -0.298 e. The Kier molecular flexibility index (Phi) is 6.15. The molecule has 1 heterocycles. The molecule has 0 aromatic heterocycles. The Labute approximate surface area is 182 Å². The van der Waals surface area contributed by atoms with Crippen LogP contribution >= 0.6 is 47.2 Å². The Balaban J connectivity index is 1.91. The van der Waals surface area contributed by atoms with Gasteiger partial charge >= 0.3 is 0 Å². The topological polar surface area (TPSA) is 49.4 Å². The molecule has 0 aliphatic carbocycles. The predicted octanol–water partition coefficient (Wildman–Crippen LogP) is 5.24. The monoisotopic (exact) mass is 450 g/mol. The first kappa shape index (κ1) is 20.9. The van der Waals surface area contributed by atoms with Gasteiger partial charge in [0.1, 0.15) is 5.57 Å². The summed E-state index contributed by atoms with van der Waals surface area (Å²) in [4.78, 5) is 27.8. The molecule has 0 spiro atoms.